The van der Waals surface area contributed by atoms with E-state index in [1.54, 1.807) is 4.68 Å². The Morgan fingerprint density at radius 1 is 1.29 bits per heavy atom. The first-order valence-electron chi connectivity index (χ1n) is 4.64. The fraction of sp³-hybridized carbons (Fsp3) is 0.182. The molecule has 0 atom stereocenters. The van der Waals surface area contributed by atoms with E-state index in [1.807, 2.05) is 43.5 Å². The number of nitrogens with zero attached hydrogens (tertiary/aromatic N) is 2. The first-order chi connectivity index (χ1) is 6.81. The number of para-hydroxylation sites is 1. The summed E-state index contributed by atoms with van der Waals surface area (Å²) in [5.74, 6) is 0.122. The van der Waals surface area contributed by atoms with Gasteiger partial charge in [0.15, 0.2) is 0 Å². The smallest absolute Gasteiger partial charge is 0.233 e. The second-order valence-electron chi connectivity index (χ2n) is 3.11. The topological polar surface area (TPSA) is 38.0 Å². The van der Waals surface area contributed by atoms with E-state index in [0.29, 0.717) is 0 Å². The van der Waals surface area contributed by atoms with E-state index in [2.05, 4.69) is 5.10 Å². The highest BCUT2D eigenvalue weighted by molar-refractivity contribution is 5.33. The Morgan fingerprint density at radius 2 is 2.00 bits per heavy atom. The molecule has 0 aliphatic carbocycles. The maximum atomic E-state index is 9.46. The predicted octanol–water partition coefficient (Wildman–Crippen LogP) is 2.14. The maximum Gasteiger partial charge on any atom is 0.233 e. The van der Waals surface area contributed by atoms with E-state index in [9.17, 15) is 5.11 Å². The Labute approximate surface area is 82.6 Å². The fourth-order valence-corrected chi connectivity index (χ4v) is 1.36. The highest BCUT2D eigenvalue weighted by Gasteiger charge is 2.05. The van der Waals surface area contributed by atoms with Gasteiger partial charge in [-0.1, -0.05) is 25.1 Å². The van der Waals surface area contributed by atoms with E-state index < -0.39 is 0 Å². The average molecular weight is 188 g/mol. The summed E-state index contributed by atoms with van der Waals surface area (Å²) in [5, 5.41) is 13.5. The van der Waals surface area contributed by atoms with Crippen LogP contribution in [-0.2, 0) is 6.42 Å². The molecule has 0 radical (unpaired) electrons. The molecule has 0 amide bonds. The molecule has 0 bridgehead atoms. The number of aromatic hydroxyl groups is 1. The third kappa shape index (κ3) is 1.48. The van der Waals surface area contributed by atoms with Gasteiger partial charge in [-0.2, -0.15) is 0 Å². The van der Waals surface area contributed by atoms with Crippen molar-refractivity contribution < 1.29 is 5.11 Å². The van der Waals surface area contributed by atoms with Gasteiger partial charge in [0.2, 0.25) is 5.88 Å². The van der Waals surface area contributed by atoms with Gasteiger partial charge in [0, 0.05) is 11.8 Å². The van der Waals surface area contributed by atoms with Gasteiger partial charge in [-0.05, 0) is 18.6 Å². The maximum absolute atomic E-state index is 9.46. The van der Waals surface area contributed by atoms with Crippen LogP contribution in [0.2, 0.25) is 0 Å². The van der Waals surface area contributed by atoms with Crippen LogP contribution in [0.3, 0.4) is 0 Å². The lowest BCUT2D eigenvalue weighted by Gasteiger charge is -1.98. The van der Waals surface area contributed by atoms with Crippen molar-refractivity contribution in [2.24, 2.45) is 0 Å². The van der Waals surface area contributed by atoms with Crippen molar-refractivity contribution in [3.05, 3.63) is 42.1 Å². The summed E-state index contributed by atoms with van der Waals surface area (Å²) < 4.78 is 1.69. The Kier molecular flexibility index (Phi) is 2.23. The molecule has 3 nitrogen and oxygen atoms in total. The molecule has 0 unspecified atom stereocenters. The van der Waals surface area contributed by atoms with Gasteiger partial charge in [0.1, 0.15) is 0 Å². The van der Waals surface area contributed by atoms with Crippen molar-refractivity contribution in [2.75, 3.05) is 0 Å². The monoisotopic (exact) mass is 188 g/mol. The van der Waals surface area contributed by atoms with Crippen LogP contribution in [-0.4, -0.2) is 14.9 Å². The lowest BCUT2D eigenvalue weighted by atomic mass is 10.3. The SMILES string of the molecule is CCc1cn(-c2ccccc2)nc1O. The van der Waals surface area contributed by atoms with E-state index >= 15 is 0 Å². The summed E-state index contributed by atoms with van der Waals surface area (Å²) in [4.78, 5) is 0. The second kappa shape index (κ2) is 3.54. The Hall–Kier alpha value is -1.77. The number of aryl methyl sites for hydroxylation is 1. The standard InChI is InChI=1S/C11H12N2O/c1-2-9-8-13(12-11(9)14)10-6-4-3-5-7-10/h3-8H,2H2,1H3,(H,12,14). The van der Waals surface area contributed by atoms with Crippen molar-refractivity contribution in [3.8, 4) is 11.6 Å². The number of hydrogen-bond acceptors (Lipinski definition) is 2. The molecule has 0 spiro atoms. The van der Waals surface area contributed by atoms with E-state index in [0.717, 1.165) is 17.7 Å². The van der Waals surface area contributed by atoms with Crippen molar-refractivity contribution >= 4 is 0 Å². The molecular weight excluding hydrogens is 176 g/mol. The van der Waals surface area contributed by atoms with Gasteiger partial charge < -0.3 is 5.11 Å². The molecule has 1 N–H and O–H groups in total. The van der Waals surface area contributed by atoms with Crippen LogP contribution < -0.4 is 0 Å². The highest BCUT2D eigenvalue weighted by Crippen LogP contribution is 2.17. The second-order valence-corrected chi connectivity index (χ2v) is 3.11. The Balaban J connectivity index is 2.43. The molecule has 0 saturated carbocycles. The molecule has 1 aromatic heterocycles. The molecule has 0 fully saturated rings. The number of rotatable bonds is 2. The van der Waals surface area contributed by atoms with Crippen LogP contribution in [0.4, 0.5) is 0 Å². The first kappa shape index (κ1) is 8.81. The lowest BCUT2D eigenvalue weighted by Crippen LogP contribution is -1.92. The Morgan fingerprint density at radius 3 is 2.57 bits per heavy atom. The third-order valence-corrected chi connectivity index (χ3v) is 2.17. The van der Waals surface area contributed by atoms with E-state index in [-0.39, 0.29) is 5.88 Å². The zero-order valence-electron chi connectivity index (χ0n) is 8.01. The zero-order chi connectivity index (χ0) is 9.97. The molecule has 2 aromatic rings. The molecule has 1 aromatic carbocycles. The quantitative estimate of drug-likeness (QED) is 0.784. The molecule has 72 valence electrons. The molecule has 0 aliphatic rings. The molecule has 2 rings (SSSR count). The summed E-state index contributed by atoms with van der Waals surface area (Å²) in [6.45, 7) is 1.99. The molecule has 1 heterocycles. The van der Waals surface area contributed by atoms with Gasteiger partial charge in [-0.3, -0.25) is 0 Å². The third-order valence-electron chi connectivity index (χ3n) is 2.17. The minimum Gasteiger partial charge on any atom is -0.492 e. The number of benzene rings is 1. The summed E-state index contributed by atoms with van der Waals surface area (Å²) in [6.07, 6.45) is 2.64. The summed E-state index contributed by atoms with van der Waals surface area (Å²) in [7, 11) is 0. The van der Waals surface area contributed by atoms with Crippen LogP contribution in [0, 0.1) is 0 Å². The van der Waals surface area contributed by atoms with E-state index in [1.165, 1.54) is 0 Å². The largest absolute Gasteiger partial charge is 0.492 e. The van der Waals surface area contributed by atoms with Crippen LogP contribution in [0.5, 0.6) is 5.88 Å². The molecule has 14 heavy (non-hydrogen) atoms. The predicted molar refractivity (Wildman–Crippen MR) is 54.6 cm³/mol. The summed E-state index contributed by atoms with van der Waals surface area (Å²) in [6, 6.07) is 9.74. The number of hydrogen-bond donors (Lipinski definition) is 1. The van der Waals surface area contributed by atoms with Gasteiger partial charge in [0.05, 0.1) is 5.69 Å². The highest BCUT2D eigenvalue weighted by atomic mass is 16.3. The van der Waals surface area contributed by atoms with E-state index in [4.69, 9.17) is 0 Å². The van der Waals surface area contributed by atoms with Gasteiger partial charge in [-0.15, -0.1) is 5.10 Å². The summed E-state index contributed by atoms with van der Waals surface area (Å²) >= 11 is 0. The number of aromatic nitrogens is 2. The summed E-state index contributed by atoms with van der Waals surface area (Å²) in [5.41, 5.74) is 1.83. The normalized spacial score (nSPS) is 10.4. The van der Waals surface area contributed by atoms with Crippen LogP contribution in [0.1, 0.15) is 12.5 Å². The zero-order valence-corrected chi connectivity index (χ0v) is 8.01. The van der Waals surface area contributed by atoms with Crippen molar-refractivity contribution in [3.63, 3.8) is 0 Å². The lowest BCUT2D eigenvalue weighted by molar-refractivity contribution is 0.443. The van der Waals surface area contributed by atoms with Gasteiger partial charge in [-0.25, -0.2) is 4.68 Å². The minimum atomic E-state index is 0.122. The van der Waals surface area contributed by atoms with Crippen molar-refractivity contribution in [1.29, 1.82) is 0 Å². The average Bonchev–Trinajstić information content (AvgIpc) is 2.61. The van der Waals surface area contributed by atoms with Crippen molar-refractivity contribution in [1.82, 2.24) is 9.78 Å². The Bertz CT molecular complexity index is 420. The molecular formula is C11H12N2O. The van der Waals surface area contributed by atoms with Gasteiger partial charge >= 0.3 is 0 Å². The van der Waals surface area contributed by atoms with Gasteiger partial charge in [0.25, 0.3) is 0 Å². The first-order valence-corrected chi connectivity index (χ1v) is 4.64. The van der Waals surface area contributed by atoms with Crippen LogP contribution >= 0.6 is 0 Å². The van der Waals surface area contributed by atoms with Crippen molar-refractivity contribution in [2.45, 2.75) is 13.3 Å². The fourth-order valence-electron chi connectivity index (χ4n) is 1.36. The van der Waals surface area contributed by atoms with Crippen LogP contribution in [0.25, 0.3) is 5.69 Å². The molecule has 3 heteroatoms. The minimum absolute atomic E-state index is 0.122. The van der Waals surface area contributed by atoms with Crippen LogP contribution in [0.15, 0.2) is 36.5 Å². The molecule has 0 aliphatic heterocycles. The molecule has 0 saturated heterocycles.